The third-order valence-electron chi connectivity index (χ3n) is 3.64. The number of aryl methyl sites for hydroxylation is 1. The Balaban J connectivity index is 1.92. The quantitative estimate of drug-likeness (QED) is 0.652. The minimum Gasteiger partial charge on any atom is -0.459 e. The van der Waals surface area contributed by atoms with Crippen LogP contribution in [0.2, 0.25) is 0 Å². The van der Waals surface area contributed by atoms with Gasteiger partial charge in [0.25, 0.3) is 0 Å². The summed E-state index contributed by atoms with van der Waals surface area (Å²) in [6, 6.07) is 12.6. The van der Waals surface area contributed by atoms with Crippen molar-refractivity contribution in [1.82, 2.24) is 0 Å². The average molecular weight is 395 g/mol. The molecule has 1 aromatic heterocycles. The molecule has 0 amide bonds. The molecule has 108 valence electrons. The molecule has 4 heteroatoms. The van der Waals surface area contributed by atoms with E-state index < -0.39 is 0 Å². The van der Waals surface area contributed by atoms with Crippen LogP contribution in [0.4, 0.5) is 4.39 Å². The van der Waals surface area contributed by atoms with Crippen molar-refractivity contribution in [2.24, 2.45) is 5.73 Å². The fourth-order valence-corrected chi connectivity index (χ4v) is 2.89. The molecule has 1 unspecified atom stereocenters. The topological polar surface area (TPSA) is 39.2 Å². The molecule has 2 aromatic carbocycles. The summed E-state index contributed by atoms with van der Waals surface area (Å²) in [7, 11) is 0. The second-order valence-corrected chi connectivity index (χ2v) is 6.41. The first kappa shape index (κ1) is 14.5. The molecule has 1 atom stereocenters. The van der Waals surface area contributed by atoms with Gasteiger partial charge in [0.1, 0.15) is 17.2 Å². The van der Waals surface area contributed by atoms with Crippen LogP contribution in [0.1, 0.15) is 22.9 Å². The molecule has 3 rings (SSSR count). The Hall–Kier alpha value is -1.40. The normalized spacial score (nSPS) is 12.8. The maximum Gasteiger partial charge on any atom is 0.134 e. The Labute approximate surface area is 136 Å². The molecular formula is C17H15FINO. The van der Waals surface area contributed by atoms with Crippen LogP contribution in [0.25, 0.3) is 11.0 Å². The summed E-state index contributed by atoms with van der Waals surface area (Å²) >= 11 is 2.27. The Bertz CT molecular complexity index is 779. The molecule has 0 radical (unpaired) electrons. The highest BCUT2D eigenvalue weighted by Gasteiger charge is 2.17. The number of furan rings is 1. The molecule has 2 nitrogen and oxygen atoms in total. The van der Waals surface area contributed by atoms with E-state index in [0.717, 1.165) is 22.3 Å². The van der Waals surface area contributed by atoms with Gasteiger partial charge in [-0.15, -0.1) is 0 Å². The van der Waals surface area contributed by atoms with Gasteiger partial charge in [0.2, 0.25) is 0 Å². The lowest BCUT2D eigenvalue weighted by Gasteiger charge is -2.10. The van der Waals surface area contributed by atoms with E-state index in [1.807, 2.05) is 6.92 Å². The zero-order valence-electron chi connectivity index (χ0n) is 11.6. The molecule has 0 aliphatic rings. The van der Waals surface area contributed by atoms with Crippen LogP contribution in [-0.2, 0) is 6.42 Å². The lowest BCUT2D eigenvalue weighted by molar-refractivity contribution is 0.490. The summed E-state index contributed by atoms with van der Waals surface area (Å²) in [5.74, 6) is 0.471. The SMILES string of the molecule is Cc1c(C(N)Cc2ccc(I)cc2)oc2ccc(F)cc12. The zero-order chi connectivity index (χ0) is 15.0. The van der Waals surface area contributed by atoms with Crippen molar-refractivity contribution in [2.75, 3.05) is 0 Å². The predicted molar refractivity (Wildman–Crippen MR) is 90.7 cm³/mol. The fraction of sp³-hybridized carbons (Fsp3) is 0.176. The molecule has 0 saturated carbocycles. The summed E-state index contributed by atoms with van der Waals surface area (Å²) in [4.78, 5) is 0. The van der Waals surface area contributed by atoms with E-state index in [1.54, 1.807) is 6.07 Å². The third kappa shape index (κ3) is 2.96. The van der Waals surface area contributed by atoms with Crippen LogP contribution in [0.5, 0.6) is 0 Å². The molecule has 0 aliphatic heterocycles. The number of fused-ring (bicyclic) bond motifs is 1. The van der Waals surface area contributed by atoms with E-state index in [1.165, 1.54) is 15.7 Å². The van der Waals surface area contributed by atoms with E-state index >= 15 is 0 Å². The van der Waals surface area contributed by atoms with Crippen LogP contribution in [0.15, 0.2) is 46.9 Å². The van der Waals surface area contributed by atoms with E-state index in [2.05, 4.69) is 46.9 Å². The number of nitrogens with two attached hydrogens (primary N) is 1. The highest BCUT2D eigenvalue weighted by Crippen LogP contribution is 2.30. The van der Waals surface area contributed by atoms with E-state index in [4.69, 9.17) is 10.2 Å². The highest BCUT2D eigenvalue weighted by atomic mass is 127. The highest BCUT2D eigenvalue weighted by molar-refractivity contribution is 14.1. The maximum atomic E-state index is 13.3. The van der Waals surface area contributed by atoms with Crippen molar-refractivity contribution in [2.45, 2.75) is 19.4 Å². The van der Waals surface area contributed by atoms with Crippen LogP contribution in [0.3, 0.4) is 0 Å². The van der Waals surface area contributed by atoms with Gasteiger partial charge in [-0.1, -0.05) is 12.1 Å². The summed E-state index contributed by atoms with van der Waals surface area (Å²) < 4.78 is 20.4. The van der Waals surface area contributed by atoms with Gasteiger partial charge in [-0.05, 0) is 71.8 Å². The van der Waals surface area contributed by atoms with Gasteiger partial charge < -0.3 is 10.2 Å². The van der Waals surface area contributed by atoms with Gasteiger partial charge in [-0.25, -0.2) is 4.39 Å². The van der Waals surface area contributed by atoms with Crippen LogP contribution < -0.4 is 5.73 Å². The number of hydrogen-bond donors (Lipinski definition) is 1. The molecule has 21 heavy (non-hydrogen) atoms. The van der Waals surface area contributed by atoms with Gasteiger partial charge in [0.05, 0.1) is 6.04 Å². The van der Waals surface area contributed by atoms with Crippen molar-refractivity contribution in [3.63, 3.8) is 0 Å². The molecule has 0 saturated heterocycles. The minimum atomic E-state index is -0.260. The largest absolute Gasteiger partial charge is 0.459 e. The predicted octanol–water partition coefficient (Wildman–Crippen LogP) is 4.73. The summed E-state index contributed by atoms with van der Waals surface area (Å²) in [6.07, 6.45) is 0.695. The van der Waals surface area contributed by atoms with Gasteiger partial charge in [-0.3, -0.25) is 0 Å². The van der Waals surface area contributed by atoms with Crippen molar-refractivity contribution >= 4 is 33.6 Å². The number of benzene rings is 2. The standard InChI is InChI=1S/C17H15FINO/c1-10-14-9-12(18)4-7-16(14)21-17(10)15(20)8-11-2-5-13(19)6-3-11/h2-7,9,15H,8,20H2,1H3. The van der Waals surface area contributed by atoms with Gasteiger partial charge in [-0.2, -0.15) is 0 Å². The molecule has 1 heterocycles. The Morgan fingerprint density at radius 3 is 2.62 bits per heavy atom. The van der Waals surface area contributed by atoms with Crippen LogP contribution >= 0.6 is 22.6 Å². The second-order valence-electron chi connectivity index (χ2n) is 5.17. The Morgan fingerprint density at radius 2 is 1.90 bits per heavy atom. The van der Waals surface area contributed by atoms with Gasteiger partial charge in [0, 0.05) is 14.5 Å². The first-order valence-corrected chi connectivity index (χ1v) is 7.81. The van der Waals surface area contributed by atoms with Crippen molar-refractivity contribution < 1.29 is 8.81 Å². The van der Waals surface area contributed by atoms with Crippen LogP contribution in [0, 0.1) is 16.3 Å². The van der Waals surface area contributed by atoms with Gasteiger partial charge in [0.15, 0.2) is 0 Å². The van der Waals surface area contributed by atoms with Crippen LogP contribution in [-0.4, -0.2) is 0 Å². The monoisotopic (exact) mass is 395 g/mol. The summed E-state index contributed by atoms with van der Waals surface area (Å²) in [6.45, 7) is 1.92. The molecule has 0 aliphatic carbocycles. The van der Waals surface area contributed by atoms with E-state index in [0.29, 0.717) is 12.0 Å². The van der Waals surface area contributed by atoms with E-state index in [9.17, 15) is 4.39 Å². The molecular weight excluding hydrogens is 380 g/mol. The minimum absolute atomic E-state index is 0.236. The summed E-state index contributed by atoms with van der Waals surface area (Å²) in [5.41, 5.74) is 9.04. The first-order chi connectivity index (χ1) is 10.0. The molecule has 2 N–H and O–H groups in total. The summed E-state index contributed by atoms with van der Waals surface area (Å²) in [5, 5.41) is 0.795. The zero-order valence-corrected chi connectivity index (χ0v) is 13.7. The van der Waals surface area contributed by atoms with Crippen molar-refractivity contribution in [1.29, 1.82) is 0 Å². The lowest BCUT2D eigenvalue weighted by Crippen LogP contribution is -2.13. The number of halogens is 2. The maximum absolute atomic E-state index is 13.3. The Morgan fingerprint density at radius 1 is 1.19 bits per heavy atom. The Kier molecular flexibility index (Phi) is 3.99. The van der Waals surface area contributed by atoms with Crippen molar-refractivity contribution in [3.05, 3.63) is 68.7 Å². The first-order valence-electron chi connectivity index (χ1n) is 6.73. The average Bonchev–Trinajstić information content (AvgIpc) is 2.79. The number of rotatable bonds is 3. The molecule has 0 spiro atoms. The van der Waals surface area contributed by atoms with E-state index in [-0.39, 0.29) is 11.9 Å². The third-order valence-corrected chi connectivity index (χ3v) is 4.36. The van der Waals surface area contributed by atoms with Crippen molar-refractivity contribution in [3.8, 4) is 0 Å². The second kappa shape index (κ2) is 5.77. The molecule has 0 bridgehead atoms. The fourth-order valence-electron chi connectivity index (χ4n) is 2.53. The lowest BCUT2D eigenvalue weighted by atomic mass is 10.0. The van der Waals surface area contributed by atoms with Gasteiger partial charge >= 0.3 is 0 Å². The molecule has 3 aromatic rings. The number of hydrogen-bond acceptors (Lipinski definition) is 2. The smallest absolute Gasteiger partial charge is 0.134 e. The molecule has 0 fully saturated rings.